The van der Waals surface area contributed by atoms with Gasteiger partial charge in [-0.15, -0.1) is 0 Å². The van der Waals surface area contributed by atoms with E-state index < -0.39 is 17.7 Å². The molecule has 0 bridgehead atoms. The second-order valence-corrected chi connectivity index (χ2v) is 9.13. The van der Waals surface area contributed by atoms with Gasteiger partial charge < -0.3 is 19.0 Å². The van der Waals surface area contributed by atoms with Crippen molar-refractivity contribution in [2.45, 2.75) is 45.8 Å². The van der Waals surface area contributed by atoms with Gasteiger partial charge in [0.05, 0.1) is 30.9 Å². The van der Waals surface area contributed by atoms with E-state index >= 15 is 0 Å². The first kappa shape index (κ1) is 23.1. The van der Waals surface area contributed by atoms with Crippen molar-refractivity contribution in [1.82, 2.24) is 14.5 Å². The lowest BCUT2D eigenvalue weighted by Crippen LogP contribution is -2.45. The SMILES string of the molecule is COc1cc(C2=CC3=NOC(c4cc(C)c(F)c(F)c4)C(C)N3CCC2)ccc1-n1cnc(C)c1. The fourth-order valence-electron chi connectivity index (χ4n) is 4.85. The number of ether oxygens (including phenoxy) is 1. The van der Waals surface area contributed by atoms with E-state index in [1.807, 2.05) is 42.8 Å². The first-order valence-electron chi connectivity index (χ1n) is 11.7. The lowest BCUT2D eigenvalue weighted by Gasteiger charge is -2.38. The van der Waals surface area contributed by atoms with Crippen LogP contribution >= 0.6 is 0 Å². The Morgan fingerprint density at radius 2 is 1.97 bits per heavy atom. The summed E-state index contributed by atoms with van der Waals surface area (Å²) in [5, 5.41) is 4.39. The minimum absolute atomic E-state index is 0.0937. The van der Waals surface area contributed by atoms with E-state index in [9.17, 15) is 8.78 Å². The van der Waals surface area contributed by atoms with E-state index in [-0.39, 0.29) is 11.6 Å². The van der Waals surface area contributed by atoms with Crippen molar-refractivity contribution in [3.05, 3.63) is 83.0 Å². The number of hydrogen-bond acceptors (Lipinski definition) is 5. The van der Waals surface area contributed by atoms with Gasteiger partial charge in [0.2, 0.25) is 0 Å². The number of halogens is 2. The standard InChI is InChI=1S/C27H28F2N4O2/c1-16-10-21(11-22(28)26(16)29)27-18(3)33-9-5-6-19(13-25(33)31-35-27)20-7-8-23(24(12-20)34-4)32-14-17(2)30-15-32/h7-8,10-15,18,27H,5-6,9H2,1-4H3. The van der Waals surface area contributed by atoms with E-state index in [0.29, 0.717) is 5.56 Å². The van der Waals surface area contributed by atoms with E-state index in [2.05, 4.69) is 21.1 Å². The minimum Gasteiger partial charge on any atom is -0.495 e. The third-order valence-electron chi connectivity index (χ3n) is 6.73. The molecule has 2 aliphatic rings. The quantitative estimate of drug-likeness (QED) is 0.481. The first-order chi connectivity index (χ1) is 16.9. The summed E-state index contributed by atoms with van der Waals surface area (Å²) >= 11 is 0. The molecule has 0 saturated heterocycles. The predicted molar refractivity (Wildman–Crippen MR) is 131 cm³/mol. The normalized spacial score (nSPS) is 19.9. The number of oxime groups is 1. The Morgan fingerprint density at radius 3 is 2.69 bits per heavy atom. The number of amidine groups is 1. The van der Waals surface area contributed by atoms with Gasteiger partial charge in [-0.05, 0) is 80.7 Å². The van der Waals surface area contributed by atoms with Gasteiger partial charge in [-0.1, -0.05) is 11.2 Å². The van der Waals surface area contributed by atoms with Crippen LogP contribution in [0.5, 0.6) is 5.75 Å². The fraction of sp³-hybridized carbons (Fsp3) is 0.333. The molecule has 0 fully saturated rings. The fourth-order valence-corrected chi connectivity index (χ4v) is 4.85. The van der Waals surface area contributed by atoms with Crippen molar-refractivity contribution < 1.29 is 18.4 Å². The number of allylic oxidation sites excluding steroid dienone is 1. The molecular weight excluding hydrogens is 450 g/mol. The van der Waals surface area contributed by atoms with Crippen LogP contribution in [0.15, 0.2) is 54.1 Å². The molecule has 2 aliphatic heterocycles. The smallest absolute Gasteiger partial charge is 0.172 e. The average Bonchev–Trinajstić information content (AvgIpc) is 3.15. The van der Waals surface area contributed by atoms with Crippen molar-refractivity contribution in [2.75, 3.05) is 13.7 Å². The Morgan fingerprint density at radius 1 is 1.14 bits per heavy atom. The number of benzene rings is 2. The number of hydrogen-bond donors (Lipinski definition) is 0. The molecule has 182 valence electrons. The van der Waals surface area contributed by atoms with Gasteiger partial charge >= 0.3 is 0 Å². The van der Waals surface area contributed by atoms with Gasteiger partial charge in [0.25, 0.3) is 0 Å². The Kier molecular flexibility index (Phi) is 6.05. The second kappa shape index (κ2) is 9.17. The molecule has 5 rings (SSSR count). The highest BCUT2D eigenvalue weighted by molar-refractivity contribution is 6.00. The molecule has 0 aliphatic carbocycles. The number of nitrogens with zero attached hydrogens (tertiary/aromatic N) is 4. The van der Waals surface area contributed by atoms with Crippen LogP contribution in [-0.4, -0.2) is 40.0 Å². The van der Waals surface area contributed by atoms with Crippen molar-refractivity contribution >= 4 is 11.4 Å². The molecule has 0 spiro atoms. The number of aromatic nitrogens is 2. The molecule has 0 saturated carbocycles. The Hall–Kier alpha value is -3.68. The highest BCUT2D eigenvalue weighted by atomic mass is 19.2. The summed E-state index contributed by atoms with van der Waals surface area (Å²) < 4.78 is 35.5. The van der Waals surface area contributed by atoms with Crippen LogP contribution in [0.25, 0.3) is 11.3 Å². The number of imidazole rings is 1. The van der Waals surface area contributed by atoms with Gasteiger partial charge in [-0.3, -0.25) is 0 Å². The molecule has 3 aromatic rings. The minimum atomic E-state index is -0.869. The average molecular weight is 479 g/mol. The third-order valence-corrected chi connectivity index (χ3v) is 6.73. The monoisotopic (exact) mass is 478 g/mol. The maximum absolute atomic E-state index is 14.1. The van der Waals surface area contributed by atoms with Crippen molar-refractivity contribution in [3.8, 4) is 11.4 Å². The Bertz CT molecular complexity index is 1310. The number of aryl methyl sites for hydroxylation is 2. The van der Waals surface area contributed by atoms with E-state index in [1.54, 1.807) is 26.4 Å². The molecule has 1 aromatic heterocycles. The molecule has 35 heavy (non-hydrogen) atoms. The van der Waals surface area contributed by atoms with Crippen LogP contribution in [0.1, 0.15) is 48.3 Å². The van der Waals surface area contributed by atoms with E-state index in [4.69, 9.17) is 9.57 Å². The second-order valence-electron chi connectivity index (χ2n) is 9.13. The Labute approximate surface area is 203 Å². The third kappa shape index (κ3) is 4.29. The molecule has 0 amide bonds. The molecule has 2 atom stereocenters. The van der Waals surface area contributed by atoms with Crippen LogP contribution in [-0.2, 0) is 4.84 Å². The van der Waals surface area contributed by atoms with Crippen LogP contribution in [0.2, 0.25) is 0 Å². The first-order valence-corrected chi connectivity index (χ1v) is 11.7. The van der Waals surface area contributed by atoms with E-state index in [0.717, 1.165) is 53.5 Å². The van der Waals surface area contributed by atoms with Crippen molar-refractivity contribution in [1.29, 1.82) is 0 Å². The summed E-state index contributed by atoms with van der Waals surface area (Å²) in [5.74, 6) is -0.208. The summed E-state index contributed by atoms with van der Waals surface area (Å²) in [6, 6.07) is 8.89. The largest absolute Gasteiger partial charge is 0.495 e. The highest BCUT2D eigenvalue weighted by Crippen LogP contribution is 2.35. The van der Waals surface area contributed by atoms with Crippen LogP contribution < -0.4 is 4.74 Å². The van der Waals surface area contributed by atoms with Gasteiger partial charge in [0.15, 0.2) is 23.6 Å². The van der Waals surface area contributed by atoms with Crippen LogP contribution in [0.3, 0.4) is 0 Å². The molecule has 6 nitrogen and oxygen atoms in total. The topological polar surface area (TPSA) is 51.9 Å². The zero-order valence-electron chi connectivity index (χ0n) is 20.3. The maximum atomic E-state index is 14.1. The number of rotatable bonds is 4. The molecule has 0 N–H and O–H groups in total. The lowest BCUT2D eigenvalue weighted by molar-refractivity contribution is -0.0130. The van der Waals surface area contributed by atoms with Gasteiger partial charge in [-0.2, -0.15) is 0 Å². The zero-order valence-corrected chi connectivity index (χ0v) is 20.3. The van der Waals surface area contributed by atoms with Crippen LogP contribution in [0.4, 0.5) is 8.78 Å². The summed E-state index contributed by atoms with van der Waals surface area (Å²) in [6.45, 7) is 6.32. The van der Waals surface area contributed by atoms with Crippen molar-refractivity contribution in [2.24, 2.45) is 5.16 Å². The molecule has 2 unspecified atom stereocenters. The summed E-state index contributed by atoms with van der Waals surface area (Å²) in [4.78, 5) is 12.3. The summed E-state index contributed by atoms with van der Waals surface area (Å²) in [7, 11) is 1.66. The van der Waals surface area contributed by atoms with Gasteiger partial charge in [-0.25, -0.2) is 13.8 Å². The molecule has 3 heterocycles. The molecule has 0 radical (unpaired) electrons. The summed E-state index contributed by atoms with van der Waals surface area (Å²) in [5.41, 5.74) is 4.88. The van der Waals surface area contributed by atoms with Crippen molar-refractivity contribution in [3.63, 3.8) is 0 Å². The Balaban J connectivity index is 1.45. The molecule has 8 heteroatoms. The zero-order chi connectivity index (χ0) is 24.7. The predicted octanol–water partition coefficient (Wildman–Crippen LogP) is 5.73. The van der Waals surface area contributed by atoms with E-state index in [1.165, 1.54) is 6.07 Å². The number of methoxy groups -OCH3 is 1. The highest BCUT2D eigenvalue weighted by Gasteiger charge is 2.34. The number of fused-ring (bicyclic) bond motifs is 1. The lowest BCUT2D eigenvalue weighted by atomic mass is 9.99. The van der Waals surface area contributed by atoms with Gasteiger partial charge in [0.1, 0.15) is 5.75 Å². The summed E-state index contributed by atoms with van der Waals surface area (Å²) in [6.07, 6.45) is 7.08. The molecule has 2 aromatic carbocycles. The van der Waals surface area contributed by atoms with Gasteiger partial charge in [0, 0.05) is 18.3 Å². The molecular formula is C27H28F2N4O2. The maximum Gasteiger partial charge on any atom is 0.172 e. The van der Waals surface area contributed by atoms with Crippen LogP contribution in [0, 0.1) is 25.5 Å².